The maximum atomic E-state index is 13.9. The molecule has 3 atom stereocenters. The minimum Gasteiger partial charge on any atom is -0.508 e. The van der Waals surface area contributed by atoms with E-state index in [1.54, 1.807) is 12.1 Å². The second kappa shape index (κ2) is 13.9. The molecular formula is C32H37ClN4O6S. The van der Waals surface area contributed by atoms with Gasteiger partial charge in [0.05, 0.1) is 34.8 Å². The molecule has 1 heterocycles. The van der Waals surface area contributed by atoms with Gasteiger partial charge in [0.15, 0.2) is 6.10 Å². The first kappa shape index (κ1) is 33.1. The molecule has 0 radical (unpaired) electrons. The van der Waals surface area contributed by atoms with E-state index in [9.17, 15) is 29.7 Å². The maximum Gasteiger partial charge on any atom is 0.254 e. The summed E-state index contributed by atoms with van der Waals surface area (Å²) in [5.74, 6) is -1.78. The van der Waals surface area contributed by atoms with E-state index in [1.807, 2.05) is 45.0 Å². The second-order valence-corrected chi connectivity index (χ2v) is 13.3. The Hall–Kier alpha value is -3.77. The highest BCUT2D eigenvalue weighted by Gasteiger charge is 2.49. The van der Waals surface area contributed by atoms with E-state index in [4.69, 9.17) is 17.3 Å². The number of aromatic hydroxyl groups is 1. The summed E-state index contributed by atoms with van der Waals surface area (Å²) >= 11 is 7.68. The van der Waals surface area contributed by atoms with Crippen LogP contribution >= 0.6 is 23.4 Å². The third kappa shape index (κ3) is 7.29. The molecule has 0 spiro atoms. The molecule has 234 valence electrons. The lowest BCUT2D eigenvalue weighted by atomic mass is 9.96. The molecule has 3 aromatic rings. The van der Waals surface area contributed by atoms with Crippen LogP contribution in [0.25, 0.3) is 0 Å². The number of nitrogen functional groups attached to an aromatic ring is 1. The Morgan fingerprint density at radius 2 is 1.84 bits per heavy atom. The summed E-state index contributed by atoms with van der Waals surface area (Å²) in [6, 6.07) is 14.7. The van der Waals surface area contributed by atoms with Crippen molar-refractivity contribution in [3.8, 4) is 5.75 Å². The molecule has 0 aromatic heterocycles. The Bertz CT molecular complexity index is 1550. The van der Waals surface area contributed by atoms with Crippen LogP contribution in [0.15, 0.2) is 60.7 Å². The topological polar surface area (TPSA) is 165 Å². The number of amides is 3. The van der Waals surface area contributed by atoms with E-state index in [-0.39, 0.29) is 53.4 Å². The number of hydrogen-bond acceptors (Lipinski definition) is 8. The standard InChI is InChI=1S/C32H37ClN4O6S/c1-18-7-4-5-8-20(18)15-35-30(42)28-32(2,3)44-17-37(28)31(43)27(40)24(13-19-11-12-21(16-38)25(39)14-19)36-29(41)22-9-6-10-23(34)26(22)33/h4-12,14,24,27-28,38-40H,13,15-17,34H2,1-3H3,(H,35,42)(H,36,41)/t24-,27-,28?/m0/s1. The average Bonchev–Trinajstić information content (AvgIpc) is 3.31. The van der Waals surface area contributed by atoms with Crippen molar-refractivity contribution in [1.29, 1.82) is 0 Å². The number of nitrogens with two attached hydrogens (primary N) is 1. The van der Waals surface area contributed by atoms with Crippen LogP contribution in [-0.2, 0) is 29.2 Å². The van der Waals surface area contributed by atoms with E-state index >= 15 is 0 Å². The van der Waals surface area contributed by atoms with Crippen LogP contribution in [0.4, 0.5) is 5.69 Å². The zero-order valence-corrected chi connectivity index (χ0v) is 26.3. The van der Waals surface area contributed by atoms with E-state index < -0.39 is 34.7 Å². The van der Waals surface area contributed by atoms with Crippen molar-refractivity contribution in [1.82, 2.24) is 15.5 Å². The molecule has 10 nitrogen and oxygen atoms in total. The first-order valence-corrected chi connectivity index (χ1v) is 15.4. The Labute approximate surface area is 265 Å². The van der Waals surface area contributed by atoms with Gasteiger partial charge in [-0.3, -0.25) is 14.4 Å². The molecule has 3 amide bonds. The molecule has 7 N–H and O–H groups in total. The predicted octanol–water partition coefficient (Wildman–Crippen LogP) is 3.13. The first-order valence-electron chi connectivity index (χ1n) is 14.0. The maximum absolute atomic E-state index is 13.9. The number of halogens is 1. The normalized spacial score (nSPS) is 17.1. The molecule has 0 saturated carbocycles. The number of nitrogens with one attached hydrogen (secondary N) is 2. The zero-order valence-electron chi connectivity index (χ0n) is 24.7. The van der Waals surface area contributed by atoms with Gasteiger partial charge in [-0.25, -0.2) is 0 Å². The van der Waals surface area contributed by atoms with Gasteiger partial charge in [-0.1, -0.05) is 54.1 Å². The van der Waals surface area contributed by atoms with E-state index in [0.29, 0.717) is 11.1 Å². The summed E-state index contributed by atoms with van der Waals surface area (Å²) in [5, 5.41) is 36.9. The van der Waals surface area contributed by atoms with Gasteiger partial charge in [0.1, 0.15) is 11.8 Å². The Morgan fingerprint density at radius 3 is 2.52 bits per heavy atom. The number of aryl methyl sites for hydroxylation is 1. The number of hydrogen-bond donors (Lipinski definition) is 6. The number of carbonyl (C=O) groups excluding carboxylic acids is 3. The monoisotopic (exact) mass is 640 g/mol. The van der Waals surface area contributed by atoms with Crippen molar-refractivity contribution >= 4 is 46.8 Å². The molecule has 0 bridgehead atoms. The van der Waals surface area contributed by atoms with Crippen LogP contribution in [0.3, 0.4) is 0 Å². The van der Waals surface area contributed by atoms with Gasteiger partial charge in [-0.2, -0.15) is 0 Å². The highest BCUT2D eigenvalue weighted by atomic mass is 35.5. The molecule has 1 aliphatic heterocycles. The van der Waals surface area contributed by atoms with Crippen molar-refractivity contribution in [2.45, 2.75) is 63.3 Å². The average molecular weight is 641 g/mol. The number of anilines is 1. The number of aliphatic hydroxyl groups is 2. The number of benzene rings is 3. The number of thioether (sulfide) groups is 1. The molecule has 44 heavy (non-hydrogen) atoms. The van der Waals surface area contributed by atoms with Crippen LogP contribution in [0.5, 0.6) is 5.75 Å². The van der Waals surface area contributed by atoms with Crippen molar-refractivity contribution < 1.29 is 29.7 Å². The first-order chi connectivity index (χ1) is 20.8. The van der Waals surface area contributed by atoms with Gasteiger partial charge in [0, 0.05) is 16.9 Å². The highest BCUT2D eigenvalue weighted by molar-refractivity contribution is 8.00. The van der Waals surface area contributed by atoms with Gasteiger partial charge < -0.3 is 36.6 Å². The van der Waals surface area contributed by atoms with E-state index in [0.717, 1.165) is 11.1 Å². The van der Waals surface area contributed by atoms with Crippen molar-refractivity contribution in [3.05, 3.63) is 93.5 Å². The van der Waals surface area contributed by atoms with Crippen molar-refractivity contribution in [2.75, 3.05) is 11.6 Å². The Balaban J connectivity index is 1.60. The lowest BCUT2D eigenvalue weighted by Crippen LogP contribution is -2.58. The lowest BCUT2D eigenvalue weighted by Gasteiger charge is -2.33. The van der Waals surface area contributed by atoms with Crippen LogP contribution in [0.1, 0.15) is 46.5 Å². The lowest BCUT2D eigenvalue weighted by molar-refractivity contribution is -0.147. The third-order valence-electron chi connectivity index (χ3n) is 7.79. The fraction of sp³-hybridized carbons (Fsp3) is 0.344. The summed E-state index contributed by atoms with van der Waals surface area (Å²) in [4.78, 5) is 42.1. The molecule has 0 aliphatic carbocycles. The predicted molar refractivity (Wildman–Crippen MR) is 171 cm³/mol. The largest absolute Gasteiger partial charge is 0.508 e. The van der Waals surface area contributed by atoms with Crippen LogP contribution in [-0.4, -0.2) is 66.8 Å². The molecular weight excluding hydrogens is 604 g/mol. The summed E-state index contributed by atoms with van der Waals surface area (Å²) < 4.78 is -0.662. The molecule has 1 saturated heterocycles. The summed E-state index contributed by atoms with van der Waals surface area (Å²) in [6.07, 6.45) is -1.83. The number of nitrogens with zero attached hydrogens (tertiary/aromatic N) is 1. The molecule has 1 fully saturated rings. The fourth-order valence-corrected chi connectivity index (χ4v) is 6.53. The van der Waals surface area contributed by atoms with E-state index in [2.05, 4.69) is 10.6 Å². The molecule has 12 heteroatoms. The fourth-order valence-electron chi connectivity index (χ4n) is 5.18. The van der Waals surface area contributed by atoms with Crippen LogP contribution in [0, 0.1) is 6.92 Å². The SMILES string of the molecule is Cc1ccccc1CNC(=O)C1N(C(=O)[C@@H](O)[C@H](Cc2ccc(CO)c(O)c2)NC(=O)c2cccc(N)c2Cl)CSC1(C)C. The number of aliphatic hydroxyl groups excluding tert-OH is 2. The zero-order chi connectivity index (χ0) is 32.2. The highest BCUT2D eigenvalue weighted by Crippen LogP contribution is 2.40. The number of carbonyl (C=O) groups is 3. The van der Waals surface area contributed by atoms with Crippen LogP contribution < -0.4 is 16.4 Å². The summed E-state index contributed by atoms with van der Waals surface area (Å²) in [6.45, 7) is 5.58. The quantitative estimate of drug-likeness (QED) is 0.184. The van der Waals surface area contributed by atoms with Gasteiger partial charge in [0.2, 0.25) is 5.91 Å². The molecule has 4 rings (SSSR count). The molecule has 3 aromatic carbocycles. The third-order valence-corrected chi connectivity index (χ3v) is 9.59. The van der Waals surface area contributed by atoms with Gasteiger partial charge in [0.25, 0.3) is 11.8 Å². The van der Waals surface area contributed by atoms with Gasteiger partial charge >= 0.3 is 0 Å². The summed E-state index contributed by atoms with van der Waals surface area (Å²) in [7, 11) is 0. The Morgan fingerprint density at radius 1 is 1.11 bits per heavy atom. The Kier molecular flexibility index (Phi) is 10.5. The molecule has 1 aliphatic rings. The smallest absolute Gasteiger partial charge is 0.254 e. The second-order valence-electron chi connectivity index (χ2n) is 11.3. The van der Waals surface area contributed by atoms with Crippen molar-refractivity contribution in [2.24, 2.45) is 0 Å². The minimum absolute atomic E-state index is 0.0255. The number of rotatable bonds is 10. The number of phenols is 1. The van der Waals surface area contributed by atoms with Gasteiger partial charge in [-0.05, 0) is 62.1 Å². The van der Waals surface area contributed by atoms with Crippen LogP contribution in [0.2, 0.25) is 5.02 Å². The minimum atomic E-state index is -1.76. The molecule has 1 unspecified atom stereocenters. The van der Waals surface area contributed by atoms with E-state index in [1.165, 1.54) is 40.9 Å². The van der Waals surface area contributed by atoms with Crippen molar-refractivity contribution in [3.63, 3.8) is 0 Å². The van der Waals surface area contributed by atoms with Gasteiger partial charge in [-0.15, -0.1) is 11.8 Å². The summed E-state index contributed by atoms with van der Waals surface area (Å²) in [5.41, 5.74) is 8.87.